The predicted molar refractivity (Wildman–Crippen MR) is 103 cm³/mol. The molecule has 3 N–H and O–H groups in total. The van der Waals surface area contributed by atoms with E-state index >= 15 is 0 Å². The Labute approximate surface area is 155 Å². The normalized spacial score (nSPS) is 12.5. The fourth-order valence-corrected chi connectivity index (χ4v) is 3.24. The lowest BCUT2D eigenvalue weighted by molar-refractivity contribution is -0.874. The topological polar surface area (TPSA) is 21.1 Å². The molecule has 24 heavy (non-hydrogen) atoms. The van der Waals surface area contributed by atoms with E-state index in [1.807, 2.05) is 24.3 Å². The van der Waals surface area contributed by atoms with Gasteiger partial charge in [-0.25, -0.2) is 0 Å². The minimum absolute atomic E-state index is 0.463. The number of hydrogen-bond acceptors (Lipinski definition) is 0. The van der Waals surface area contributed by atoms with Crippen LogP contribution in [0.4, 0.5) is 0 Å². The highest BCUT2D eigenvalue weighted by Crippen LogP contribution is 2.28. The van der Waals surface area contributed by atoms with Crippen LogP contribution in [0, 0.1) is 0 Å². The molecule has 2 rings (SSSR count). The van der Waals surface area contributed by atoms with Crippen molar-refractivity contribution in [2.75, 3.05) is 33.7 Å². The van der Waals surface area contributed by atoms with Gasteiger partial charge in [0.1, 0.15) is 13.1 Å². The van der Waals surface area contributed by atoms with Crippen LogP contribution < -0.4 is 10.2 Å². The van der Waals surface area contributed by atoms with E-state index in [1.165, 1.54) is 29.1 Å². The summed E-state index contributed by atoms with van der Waals surface area (Å²) in [5.74, 6) is 0.463. The van der Waals surface area contributed by atoms with Crippen LogP contribution in [0.5, 0.6) is 0 Å². The molecule has 130 valence electrons. The van der Waals surface area contributed by atoms with Crippen molar-refractivity contribution in [3.8, 4) is 0 Å². The quantitative estimate of drug-likeness (QED) is 0.636. The fourth-order valence-electron chi connectivity index (χ4n) is 2.91. The lowest BCUT2D eigenvalue weighted by atomic mass is 9.89. The van der Waals surface area contributed by atoms with E-state index in [0.717, 1.165) is 29.4 Å². The van der Waals surface area contributed by atoms with Gasteiger partial charge in [-0.3, -0.25) is 0 Å². The molecule has 2 aromatic carbocycles. The van der Waals surface area contributed by atoms with Crippen molar-refractivity contribution in [3.63, 3.8) is 0 Å². The summed E-state index contributed by atoms with van der Waals surface area (Å²) in [6.45, 7) is 3.49. The minimum Gasteiger partial charge on any atom is -0.342 e. The van der Waals surface area contributed by atoms with Gasteiger partial charge >= 0.3 is 0 Å². The molecule has 4 heteroatoms. The summed E-state index contributed by atoms with van der Waals surface area (Å²) in [6, 6.07) is 16.4. The van der Waals surface area contributed by atoms with Gasteiger partial charge in [0, 0.05) is 16.5 Å². The molecule has 0 amide bonds. The fraction of sp³-hybridized carbons (Fsp3) is 0.400. The van der Waals surface area contributed by atoms with Gasteiger partial charge in [-0.05, 0) is 41.7 Å². The molecule has 1 atom stereocenters. The van der Waals surface area contributed by atoms with Crippen LogP contribution in [-0.4, -0.2) is 33.7 Å². The zero-order valence-corrected chi connectivity index (χ0v) is 16.1. The number of quaternary nitrogens is 2. The van der Waals surface area contributed by atoms with Gasteiger partial charge in [0.25, 0.3) is 0 Å². The molecule has 0 fully saturated rings. The Morgan fingerprint density at radius 2 is 1.67 bits per heavy atom. The molecule has 0 unspecified atom stereocenters. The van der Waals surface area contributed by atoms with Crippen LogP contribution in [0.25, 0.3) is 0 Å². The maximum Gasteiger partial charge on any atom is 0.126 e. The first-order chi connectivity index (χ1) is 11.6. The van der Waals surface area contributed by atoms with E-state index in [-0.39, 0.29) is 0 Å². The molecule has 2 aromatic rings. The summed E-state index contributed by atoms with van der Waals surface area (Å²) < 4.78 is 0. The zero-order valence-electron chi connectivity index (χ0n) is 14.6. The summed E-state index contributed by atoms with van der Waals surface area (Å²) in [5, 5.41) is 4.06. The van der Waals surface area contributed by atoms with Crippen molar-refractivity contribution in [2.45, 2.75) is 18.8 Å². The average molecular weight is 367 g/mol. The van der Waals surface area contributed by atoms with Crippen LogP contribution >= 0.6 is 23.2 Å². The maximum atomic E-state index is 6.37. The van der Waals surface area contributed by atoms with E-state index < -0.39 is 0 Å². The van der Waals surface area contributed by atoms with E-state index in [0.29, 0.717) is 5.92 Å². The number of nitrogens with two attached hydrogens (primary N) is 1. The number of hydrogen-bond donors (Lipinski definition) is 2. The second kappa shape index (κ2) is 10.0. The van der Waals surface area contributed by atoms with Crippen LogP contribution in [0.2, 0.25) is 10.0 Å². The summed E-state index contributed by atoms with van der Waals surface area (Å²) >= 11 is 12.4. The first-order valence-corrected chi connectivity index (χ1v) is 9.41. The van der Waals surface area contributed by atoms with Crippen molar-refractivity contribution in [1.82, 2.24) is 0 Å². The largest absolute Gasteiger partial charge is 0.342 e. The van der Waals surface area contributed by atoms with Gasteiger partial charge < -0.3 is 10.2 Å². The molecule has 0 aliphatic rings. The monoisotopic (exact) mass is 366 g/mol. The highest BCUT2D eigenvalue weighted by atomic mass is 35.5. The first kappa shape index (κ1) is 19.3. The molecular formula is C20H28Cl2N2+2. The summed E-state index contributed by atoms with van der Waals surface area (Å²) in [5.41, 5.74) is 2.56. The van der Waals surface area contributed by atoms with Gasteiger partial charge in [-0.2, -0.15) is 0 Å². The molecule has 0 aliphatic carbocycles. The first-order valence-electron chi connectivity index (χ1n) is 8.66. The van der Waals surface area contributed by atoms with Crippen LogP contribution in [0.3, 0.4) is 0 Å². The van der Waals surface area contributed by atoms with E-state index in [9.17, 15) is 0 Å². The lowest BCUT2D eigenvalue weighted by Crippen LogP contribution is -3.09. The molecule has 0 bridgehead atoms. The summed E-state index contributed by atoms with van der Waals surface area (Å²) in [7, 11) is 4.39. The molecule has 0 radical (unpaired) electrons. The number of rotatable bonds is 9. The molecule has 0 saturated heterocycles. The standard InChI is InChI=1S/C20H26Cl2N2/c1-24(2)14-13-23-12-11-17(16-7-9-19(21)10-8-16)15-18-5-3-4-6-20(18)22/h3-10,17,23H,11-15H2,1-2H3/p+2/t17-/m1/s1. The average Bonchev–Trinajstić information content (AvgIpc) is 2.56. The van der Waals surface area contributed by atoms with Crippen molar-refractivity contribution < 1.29 is 10.2 Å². The Balaban J connectivity index is 2.01. The van der Waals surface area contributed by atoms with E-state index in [4.69, 9.17) is 23.2 Å². The van der Waals surface area contributed by atoms with Crippen molar-refractivity contribution in [3.05, 3.63) is 69.7 Å². The van der Waals surface area contributed by atoms with Gasteiger partial charge in [-0.1, -0.05) is 53.5 Å². The zero-order chi connectivity index (χ0) is 17.4. The highest BCUT2D eigenvalue weighted by molar-refractivity contribution is 6.31. The molecule has 2 nitrogen and oxygen atoms in total. The number of nitrogens with one attached hydrogen (secondary N) is 1. The Hall–Kier alpha value is -1.06. The Morgan fingerprint density at radius 3 is 2.33 bits per heavy atom. The van der Waals surface area contributed by atoms with E-state index in [1.54, 1.807) is 0 Å². The van der Waals surface area contributed by atoms with Crippen LogP contribution in [0.1, 0.15) is 23.5 Å². The smallest absolute Gasteiger partial charge is 0.126 e. The van der Waals surface area contributed by atoms with Gasteiger partial charge in [-0.15, -0.1) is 0 Å². The Kier molecular flexibility index (Phi) is 8.07. The Bertz CT molecular complexity index is 611. The Morgan fingerprint density at radius 1 is 0.958 bits per heavy atom. The third-order valence-electron chi connectivity index (χ3n) is 4.33. The van der Waals surface area contributed by atoms with Crippen molar-refractivity contribution >= 4 is 23.2 Å². The van der Waals surface area contributed by atoms with Crippen LogP contribution in [-0.2, 0) is 6.42 Å². The number of likely N-dealkylation sites (N-methyl/N-ethyl adjacent to an activating group) is 1. The minimum atomic E-state index is 0.463. The molecule has 0 spiro atoms. The van der Waals surface area contributed by atoms with Gasteiger partial charge in [0.05, 0.1) is 20.6 Å². The molecule has 0 saturated carbocycles. The summed E-state index contributed by atoms with van der Waals surface area (Å²) in [4.78, 5) is 1.50. The number of halogens is 2. The number of benzene rings is 2. The SMILES string of the molecule is C[NH+](C)CC[NH2+]CC[C@H](Cc1ccccc1Cl)c1ccc(Cl)cc1. The summed E-state index contributed by atoms with van der Waals surface area (Å²) in [6.07, 6.45) is 2.10. The van der Waals surface area contributed by atoms with Crippen molar-refractivity contribution in [2.24, 2.45) is 0 Å². The third-order valence-corrected chi connectivity index (χ3v) is 4.95. The lowest BCUT2D eigenvalue weighted by Gasteiger charge is -2.18. The second-order valence-corrected chi connectivity index (χ2v) is 7.50. The second-order valence-electron chi connectivity index (χ2n) is 6.66. The van der Waals surface area contributed by atoms with Crippen molar-refractivity contribution in [1.29, 1.82) is 0 Å². The predicted octanol–water partition coefficient (Wildman–Crippen LogP) is 2.42. The highest BCUT2D eigenvalue weighted by Gasteiger charge is 2.15. The van der Waals surface area contributed by atoms with Gasteiger partial charge in [0.2, 0.25) is 0 Å². The molecular weight excluding hydrogens is 339 g/mol. The molecule has 0 heterocycles. The maximum absolute atomic E-state index is 6.37. The third kappa shape index (κ3) is 6.45. The van der Waals surface area contributed by atoms with E-state index in [2.05, 4.69) is 43.7 Å². The molecule has 0 aliphatic heterocycles. The molecule has 0 aromatic heterocycles. The van der Waals surface area contributed by atoms with Crippen LogP contribution in [0.15, 0.2) is 48.5 Å². The van der Waals surface area contributed by atoms with Gasteiger partial charge in [0.15, 0.2) is 0 Å².